The van der Waals surface area contributed by atoms with E-state index in [0.717, 1.165) is 16.9 Å². The number of nitrogens with one attached hydrogen (secondary N) is 3. The van der Waals surface area contributed by atoms with Crippen LogP contribution in [-0.4, -0.2) is 15.5 Å². The van der Waals surface area contributed by atoms with Crippen molar-refractivity contribution in [3.8, 4) is 11.1 Å². The van der Waals surface area contributed by atoms with Crippen LogP contribution in [0.3, 0.4) is 0 Å². The first-order valence-corrected chi connectivity index (χ1v) is 10.8. The van der Waals surface area contributed by atoms with Crippen LogP contribution in [0, 0.1) is 6.92 Å². The maximum atomic E-state index is 12.1. The van der Waals surface area contributed by atoms with Crippen molar-refractivity contribution in [3.05, 3.63) is 73.3 Å². The molecule has 0 aliphatic carbocycles. The molecule has 0 amide bonds. The Kier molecular flexibility index (Phi) is 5.32. The van der Waals surface area contributed by atoms with Crippen LogP contribution in [0.25, 0.3) is 11.1 Å². The van der Waals surface area contributed by atoms with Gasteiger partial charge in [0, 0.05) is 23.0 Å². The van der Waals surface area contributed by atoms with Gasteiger partial charge in [-0.3, -0.25) is 9.59 Å². The third-order valence-corrected chi connectivity index (χ3v) is 5.20. The minimum atomic E-state index is -0.554. The zero-order valence-corrected chi connectivity index (χ0v) is 18.6. The minimum absolute atomic E-state index is 0.226. The highest BCUT2D eigenvalue weighted by Gasteiger charge is 2.25. The highest BCUT2D eigenvalue weighted by molar-refractivity contribution is 7.08. The van der Waals surface area contributed by atoms with Gasteiger partial charge >= 0.3 is 0 Å². The van der Waals surface area contributed by atoms with E-state index in [-0.39, 0.29) is 16.9 Å². The number of hydrogen-bond donors (Lipinski definition) is 3. The Morgan fingerprint density at radius 3 is 2.23 bits per heavy atom. The number of aromatic nitrogens is 2. The maximum Gasteiger partial charge on any atom is 0.253 e. The smallest absolute Gasteiger partial charge is 0.253 e. The summed E-state index contributed by atoms with van der Waals surface area (Å²) in [5, 5.41) is 13.4. The third-order valence-electron chi connectivity index (χ3n) is 4.51. The molecule has 2 aromatic heterocycles. The molecule has 4 aromatic rings. The summed E-state index contributed by atoms with van der Waals surface area (Å²) in [6, 6.07) is 11.8. The summed E-state index contributed by atoms with van der Waals surface area (Å²) in [7, 11) is 0. The summed E-state index contributed by atoms with van der Waals surface area (Å²) in [6.07, 6.45) is 0. The van der Waals surface area contributed by atoms with Gasteiger partial charge in [-0.15, -0.1) is 0 Å². The Labute approximate surface area is 183 Å². The zero-order chi connectivity index (χ0) is 22.2. The molecule has 4 rings (SSSR count). The van der Waals surface area contributed by atoms with Crippen molar-refractivity contribution in [2.45, 2.75) is 33.2 Å². The van der Waals surface area contributed by atoms with Gasteiger partial charge in [0.1, 0.15) is 17.2 Å². The van der Waals surface area contributed by atoms with E-state index in [1.165, 1.54) is 5.56 Å². The second-order valence-electron chi connectivity index (χ2n) is 8.34. The lowest BCUT2D eigenvalue weighted by atomic mass is 10.1. The standard InChI is InChI=1S/C23H23N5O2S/c1-13-11-17(26-18-19(21(30)20(18)29)28-23(2,3)4)27-22(24-13)25-16-7-5-14(6-8-16)15-9-10-31-12-15/h5-12,28H,1-4H3,(H2,24,25,26,27). The van der Waals surface area contributed by atoms with Gasteiger partial charge in [-0.25, -0.2) is 4.98 Å². The van der Waals surface area contributed by atoms with Crippen molar-refractivity contribution in [2.24, 2.45) is 0 Å². The predicted molar refractivity (Wildman–Crippen MR) is 128 cm³/mol. The maximum absolute atomic E-state index is 12.1. The first kappa shape index (κ1) is 20.7. The number of thiophene rings is 1. The molecule has 0 atom stereocenters. The molecule has 0 unspecified atom stereocenters. The molecule has 7 nitrogen and oxygen atoms in total. The van der Waals surface area contributed by atoms with Crippen molar-refractivity contribution in [1.82, 2.24) is 9.97 Å². The summed E-state index contributed by atoms with van der Waals surface area (Å²) in [5.74, 6) is 0.837. The van der Waals surface area contributed by atoms with E-state index in [2.05, 4.69) is 42.7 Å². The van der Waals surface area contributed by atoms with Crippen LogP contribution in [0.4, 0.5) is 28.8 Å². The highest BCUT2D eigenvalue weighted by atomic mass is 32.1. The quantitative estimate of drug-likeness (QED) is 0.376. The molecule has 0 spiro atoms. The minimum Gasteiger partial charge on any atom is -0.375 e. The number of aryl methyl sites for hydroxylation is 1. The van der Waals surface area contributed by atoms with Crippen LogP contribution in [0.1, 0.15) is 26.5 Å². The molecule has 0 fully saturated rings. The molecule has 2 aromatic carbocycles. The van der Waals surface area contributed by atoms with E-state index in [0.29, 0.717) is 11.8 Å². The fourth-order valence-corrected chi connectivity index (χ4v) is 3.79. The molecule has 158 valence electrons. The molecule has 31 heavy (non-hydrogen) atoms. The molecular weight excluding hydrogens is 410 g/mol. The fourth-order valence-electron chi connectivity index (χ4n) is 3.13. The van der Waals surface area contributed by atoms with Crippen molar-refractivity contribution < 1.29 is 0 Å². The summed E-state index contributed by atoms with van der Waals surface area (Å²) >= 11 is 1.66. The number of benzene rings is 1. The second kappa shape index (κ2) is 7.96. The Hall–Kier alpha value is -3.52. The van der Waals surface area contributed by atoms with Crippen LogP contribution in [-0.2, 0) is 0 Å². The summed E-state index contributed by atoms with van der Waals surface area (Å²) < 4.78 is 0. The third kappa shape index (κ3) is 4.64. The highest BCUT2D eigenvalue weighted by Crippen LogP contribution is 2.26. The molecule has 3 N–H and O–H groups in total. The van der Waals surface area contributed by atoms with Crippen molar-refractivity contribution in [3.63, 3.8) is 0 Å². The van der Waals surface area contributed by atoms with Gasteiger partial charge in [0.25, 0.3) is 10.9 Å². The lowest BCUT2D eigenvalue weighted by molar-refractivity contribution is 0.632. The van der Waals surface area contributed by atoms with Gasteiger partial charge in [-0.05, 0) is 67.8 Å². The fraction of sp³-hybridized carbons (Fsp3) is 0.217. The molecule has 0 aliphatic heterocycles. The van der Waals surface area contributed by atoms with Crippen molar-refractivity contribution in [1.29, 1.82) is 0 Å². The van der Waals surface area contributed by atoms with Gasteiger partial charge in [0.15, 0.2) is 0 Å². The molecule has 2 heterocycles. The molecular formula is C23H23N5O2S. The SMILES string of the molecule is Cc1cc(Nc2c(NC(C)(C)C)c(=O)c2=O)nc(Nc2ccc(-c3ccsc3)cc2)n1. The number of nitrogens with zero attached hydrogens (tertiary/aromatic N) is 2. The van der Waals surface area contributed by atoms with E-state index in [9.17, 15) is 9.59 Å². The summed E-state index contributed by atoms with van der Waals surface area (Å²) in [4.78, 5) is 32.9. The molecule has 0 radical (unpaired) electrons. The van der Waals surface area contributed by atoms with Gasteiger partial charge in [-0.1, -0.05) is 12.1 Å². The predicted octanol–water partition coefficient (Wildman–Crippen LogP) is 4.81. The summed E-state index contributed by atoms with van der Waals surface area (Å²) in [5.41, 5.74) is 2.98. The lowest BCUT2D eigenvalue weighted by Gasteiger charge is -2.24. The van der Waals surface area contributed by atoms with E-state index < -0.39 is 10.9 Å². The normalized spacial score (nSPS) is 11.5. The van der Waals surface area contributed by atoms with Gasteiger partial charge in [0.2, 0.25) is 5.95 Å². The van der Waals surface area contributed by atoms with Crippen molar-refractivity contribution >= 4 is 40.2 Å². The molecule has 0 bridgehead atoms. The van der Waals surface area contributed by atoms with Crippen LogP contribution < -0.4 is 26.8 Å². The Bertz CT molecular complexity index is 1280. The Morgan fingerprint density at radius 1 is 0.871 bits per heavy atom. The van der Waals surface area contributed by atoms with Crippen LogP contribution in [0.2, 0.25) is 0 Å². The van der Waals surface area contributed by atoms with Crippen LogP contribution in [0.15, 0.2) is 56.7 Å². The Balaban J connectivity index is 1.54. The first-order chi connectivity index (χ1) is 14.7. The van der Waals surface area contributed by atoms with Crippen molar-refractivity contribution in [2.75, 3.05) is 16.0 Å². The van der Waals surface area contributed by atoms with Gasteiger partial charge in [-0.2, -0.15) is 16.3 Å². The zero-order valence-electron chi connectivity index (χ0n) is 17.7. The van der Waals surface area contributed by atoms with Gasteiger partial charge < -0.3 is 16.0 Å². The second-order valence-corrected chi connectivity index (χ2v) is 9.12. The van der Waals surface area contributed by atoms with E-state index in [1.54, 1.807) is 17.4 Å². The van der Waals surface area contributed by atoms with Gasteiger partial charge in [0.05, 0.1) is 0 Å². The average Bonchev–Trinajstić information content (AvgIpc) is 3.24. The Morgan fingerprint density at radius 2 is 1.58 bits per heavy atom. The molecule has 8 heteroatoms. The summed E-state index contributed by atoms with van der Waals surface area (Å²) in [6.45, 7) is 7.62. The topological polar surface area (TPSA) is 96.0 Å². The molecule has 0 saturated carbocycles. The largest absolute Gasteiger partial charge is 0.375 e. The van der Waals surface area contributed by atoms with E-state index in [1.807, 2.05) is 52.0 Å². The molecule has 0 aliphatic rings. The first-order valence-electron chi connectivity index (χ1n) is 9.83. The van der Waals surface area contributed by atoms with Crippen LogP contribution >= 0.6 is 11.3 Å². The molecule has 0 saturated heterocycles. The number of rotatable bonds is 6. The van der Waals surface area contributed by atoms with E-state index in [4.69, 9.17) is 0 Å². The average molecular weight is 434 g/mol. The lowest BCUT2D eigenvalue weighted by Crippen LogP contribution is -2.41. The number of hydrogen-bond acceptors (Lipinski definition) is 8. The van der Waals surface area contributed by atoms with Crippen LogP contribution in [0.5, 0.6) is 0 Å². The monoisotopic (exact) mass is 433 g/mol. The number of anilines is 5. The van der Waals surface area contributed by atoms with E-state index >= 15 is 0 Å².